The van der Waals surface area contributed by atoms with Crippen molar-refractivity contribution in [3.8, 4) is 0 Å². The van der Waals surface area contributed by atoms with Crippen LogP contribution in [0, 0.1) is 10.1 Å². The molecule has 9 nitrogen and oxygen atoms in total. The van der Waals surface area contributed by atoms with Crippen LogP contribution in [0.25, 0.3) is 0 Å². The molecule has 23 heavy (non-hydrogen) atoms. The topological polar surface area (TPSA) is 135 Å². The second-order valence-corrected chi connectivity index (χ2v) is 7.32. The Morgan fingerprint density at radius 1 is 1.35 bits per heavy atom. The summed E-state index contributed by atoms with van der Waals surface area (Å²) in [6.45, 7) is -0.541. The van der Waals surface area contributed by atoms with Gasteiger partial charge in [0.1, 0.15) is 6.54 Å². The van der Waals surface area contributed by atoms with E-state index in [0.717, 1.165) is 29.4 Å². The summed E-state index contributed by atoms with van der Waals surface area (Å²) >= 11 is 0. The lowest BCUT2D eigenvalue weighted by Crippen LogP contribution is -2.37. The van der Waals surface area contributed by atoms with Crippen LogP contribution in [0.2, 0.25) is 0 Å². The highest BCUT2D eigenvalue weighted by atomic mass is 32.2. The fourth-order valence-corrected chi connectivity index (χ4v) is 2.77. The van der Waals surface area contributed by atoms with Gasteiger partial charge in [-0.15, -0.1) is 0 Å². The van der Waals surface area contributed by atoms with E-state index in [4.69, 9.17) is 5.11 Å². The molecule has 10 heteroatoms. The molecular weight excluding hydrogens is 328 g/mol. The second-order valence-electron chi connectivity index (χ2n) is 5.30. The molecule has 1 aromatic rings. The molecule has 1 fully saturated rings. The number of sulfone groups is 1. The first-order valence-corrected chi connectivity index (χ1v) is 8.51. The number of nitro benzene ring substituents is 1. The van der Waals surface area contributed by atoms with Gasteiger partial charge in [0.25, 0.3) is 11.6 Å². The Morgan fingerprint density at radius 2 is 1.96 bits per heavy atom. The summed E-state index contributed by atoms with van der Waals surface area (Å²) < 4.78 is 23.3. The van der Waals surface area contributed by atoms with E-state index in [2.05, 4.69) is 0 Å². The van der Waals surface area contributed by atoms with Crippen LogP contribution in [0.3, 0.4) is 0 Å². The Hall–Kier alpha value is -2.49. The number of aliphatic carboxylic acids is 1. The molecule has 1 aliphatic carbocycles. The van der Waals surface area contributed by atoms with E-state index in [1.807, 2.05) is 0 Å². The maximum Gasteiger partial charge on any atom is 0.323 e. The third-order valence-corrected chi connectivity index (χ3v) is 4.42. The molecular formula is C13H14N2O7S. The number of amides is 1. The summed E-state index contributed by atoms with van der Waals surface area (Å²) in [5.74, 6) is -1.94. The van der Waals surface area contributed by atoms with Crippen molar-refractivity contribution in [2.75, 3.05) is 12.8 Å². The van der Waals surface area contributed by atoms with E-state index in [-0.39, 0.29) is 16.5 Å². The maximum absolute atomic E-state index is 12.5. The Balaban J connectivity index is 2.48. The molecule has 1 N–H and O–H groups in total. The first-order chi connectivity index (χ1) is 10.6. The summed E-state index contributed by atoms with van der Waals surface area (Å²) in [7, 11) is -3.76. The maximum atomic E-state index is 12.5. The van der Waals surface area contributed by atoms with E-state index in [0.29, 0.717) is 12.8 Å². The van der Waals surface area contributed by atoms with Crippen LogP contribution in [-0.2, 0) is 14.6 Å². The zero-order valence-electron chi connectivity index (χ0n) is 12.1. The minimum absolute atomic E-state index is 0.215. The number of hydrogen-bond donors (Lipinski definition) is 1. The number of carbonyl (C=O) groups is 2. The number of carboxylic acids is 1. The third-order valence-electron chi connectivity index (χ3n) is 3.33. The van der Waals surface area contributed by atoms with E-state index in [1.165, 1.54) is 0 Å². The summed E-state index contributed by atoms with van der Waals surface area (Å²) in [4.78, 5) is 34.2. The van der Waals surface area contributed by atoms with Crippen LogP contribution in [0.1, 0.15) is 23.2 Å². The minimum atomic E-state index is -3.76. The number of carbonyl (C=O) groups excluding carboxylic acids is 1. The molecule has 0 unspecified atom stereocenters. The van der Waals surface area contributed by atoms with E-state index in [9.17, 15) is 28.1 Å². The molecule has 1 aromatic carbocycles. The molecule has 1 aliphatic rings. The zero-order valence-corrected chi connectivity index (χ0v) is 12.9. The number of carboxylic acid groups (broad SMARTS) is 1. The molecule has 0 heterocycles. The van der Waals surface area contributed by atoms with Crippen LogP contribution in [0.15, 0.2) is 23.1 Å². The summed E-state index contributed by atoms with van der Waals surface area (Å²) in [6, 6.07) is 2.61. The van der Waals surface area contributed by atoms with E-state index >= 15 is 0 Å². The van der Waals surface area contributed by atoms with Gasteiger partial charge < -0.3 is 10.0 Å². The highest BCUT2D eigenvalue weighted by Crippen LogP contribution is 2.29. The second kappa shape index (κ2) is 5.95. The number of hydrogen-bond acceptors (Lipinski definition) is 6. The van der Waals surface area contributed by atoms with E-state index in [1.54, 1.807) is 0 Å². The average Bonchev–Trinajstić information content (AvgIpc) is 3.26. The molecule has 0 bridgehead atoms. The van der Waals surface area contributed by atoms with Gasteiger partial charge in [0.2, 0.25) is 0 Å². The lowest BCUT2D eigenvalue weighted by Gasteiger charge is -2.20. The summed E-state index contributed by atoms with van der Waals surface area (Å²) in [5, 5.41) is 19.8. The van der Waals surface area contributed by atoms with Crippen molar-refractivity contribution in [2.45, 2.75) is 23.8 Å². The lowest BCUT2D eigenvalue weighted by atomic mass is 10.1. The quantitative estimate of drug-likeness (QED) is 0.593. The van der Waals surface area contributed by atoms with Crippen molar-refractivity contribution in [3.63, 3.8) is 0 Å². The van der Waals surface area contributed by atoms with Gasteiger partial charge in [0, 0.05) is 30.0 Å². The highest BCUT2D eigenvalue weighted by Gasteiger charge is 2.35. The number of non-ortho nitro benzene ring substituents is 1. The van der Waals surface area contributed by atoms with Crippen molar-refractivity contribution >= 4 is 27.4 Å². The van der Waals surface area contributed by atoms with Crippen LogP contribution in [-0.4, -0.2) is 54.1 Å². The van der Waals surface area contributed by atoms with Crippen LogP contribution >= 0.6 is 0 Å². The van der Waals surface area contributed by atoms with Crippen molar-refractivity contribution < 1.29 is 28.0 Å². The van der Waals surface area contributed by atoms with Gasteiger partial charge in [0.05, 0.1) is 9.82 Å². The molecule has 1 saturated carbocycles. The monoisotopic (exact) mass is 342 g/mol. The smallest absolute Gasteiger partial charge is 0.323 e. The SMILES string of the molecule is CS(=O)(=O)c1cc(C(=O)N(CC(=O)O)C2CC2)cc([N+](=O)[O-])c1. The Labute approximate surface area is 131 Å². The van der Waals surface area contributed by atoms with E-state index < -0.39 is 38.9 Å². The molecule has 0 aromatic heterocycles. The summed E-state index contributed by atoms with van der Waals surface area (Å²) in [6.07, 6.45) is 2.16. The van der Waals surface area contributed by atoms with Crippen molar-refractivity contribution in [1.29, 1.82) is 0 Å². The van der Waals surface area contributed by atoms with Crippen molar-refractivity contribution in [2.24, 2.45) is 0 Å². The molecule has 0 saturated heterocycles. The molecule has 2 rings (SSSR count). The Kier molecular flexibility index (Phi) is 4.37. The van der Waals surface area contributed by atoms with Gasteiger partial charge in [-0.05, 0) is 18.9 Å². The molecule has 124 valence electrons. The Bertz CT molecular complexity index is 784. The fourth-order valence-electron chi connectivity index (χ4n) is 2.09. The molecule has 0 spiro atoms. The minimum Gasteiger partial charge on any atom is -0.480 e. The van der Waals surface area contributed by atoms with Gasteiger partial charge in [-0.25, -0.2) is 8.42 Å². The molecule has 0 atom stereocenters. The third kappa shape index (κ3) is 4.03. The lowest BCUT2D eigenvalue weighted by molar-refractivity contribution is -0.385. The molecule has 0 radical (unpaired) electrons. The Morgan fingerprint density at radius 3 is 2.39 bits per heavy atom. The predicted molar refractivity (Wildman–Crippen MR) is 77.9 cm³/mol. The van der Waals surface area contributed by atoms with Crippen LogP contribution in [0.4, 0.5) is 5.69 Å². The molecule has 0 aliphatic heterocycles. The van der Waals surface area contributed by atoms with Gasteiger partial charge in [0.15, 0.2) is 9.84 Å². The van der Waals surface area contributed by atoms with Crippen LogP contribution in [0.5, 0.6) is 0 Å². The molecule has 1 amide bonds. The highest BCUT2D eigenvalue weighted by molar-refractivity contribution is 7.90. The van der Waals surface area contributed by atoms with Gasteiger partial charge in [-0.3, -0.25) is 19.7 Å². The van der Waals surface area contributed by atoms with Crippen LogP contribution < -0.4 is 0 Å². The first kappa shape index (κ1) is 16.9. The van der Waals surface area contributed by atoms with Crippen molar-refractivity contribution in [3.05, 3.63) is 33.9 Å². The van der Waals surface area contributed by atoms with Gasteiger partial charge in [-0.1, -0.05) is 0 Å². The number of benzene rings is 1. The largest absolute Gasteiger partial charge is 0.480 e. The van der Waals surface area contributed by atoms with Crippen molar-refractivity contribution in [1.82, 2.24) is 4.90 Å². The normalized spacial score (nSPS) is 14.3. The first-order valence-electron chi connectivity index (χ1n) is 6.62. The van der Waals surface area contributed by atoms with Gasteiger partial charge >= 0.3 is 5.97 Å². The predicted octanol–water partition coefficient (Wildman–Crippen LogP) is 0.688. The zero-order chi connectivity index (χ0) is 17.4. The number of nitrogens with zero attached hydrogens (tertiary/aromatic N) is 2. The number of rotatable bonds is 6. The number of nitro groups is 1. The van der Waals surface area contributed by atoms with Gasteiger partial charge in [-0.2, -0.15) is 0 Å². The summed E-state index contributed by atoms with van der Waals surface area (Å²) in [5.41, 5.74) is -0.755. The standard InChI is InChI=1S/C13H14N2O7S/c1-23(21,22)11-5-8(4-10(6-11)15(19)20)13(18)14(7-12(16)17)9-2-3-9/h4-6,9H,2-3,7H2,1H3,(H,16,17). The average molecular weight is 342 g/mol. The fraction of sp³-hybridized carbons (Fsp3) is 0.385.